The van der Waals surface area contributed by atoms with Crippen LogP contribution >= 0.6 is 0 Å². The van der Waals surface area contributed by atoms with Crippen LogP contribution in [0.5, 0.6) is 5.75 Å². The van der Waals surface area contributed by atoms with E-state index in [4.69, 9.17) is 9.94 Å². The summed E-state index contributed by atoms with van der Waals surface area (Å²) in [5.41, 5.74) is 2.33. The summed E-state index contributed by atoms with van der Waals surface area (Å²) in [6.45, 7) is 4.89. The van der Waals surface area contributed by atoms with Gasteiger partial charge in [0.05, 0.1) is 12.0 Å². The highest BCUT2D eigenvalue weighted by molar-refractivity contribution is 7.93. The summed E-state index contributed by atoms with van der Waals surface area (Å²) in [6.07, 6.45) is 1.60. The van der Waals surface area contributed by atoms with E-state index in [2.05, 4.69) is 0 Å². The monoisotopic (exact) mass is 327 g/mol. The second-order valence-corrected chi connectivity index (χ2v) is 7.72. The molecule has 0 aliphatic rings. The van der Waals surface area contributed by atoms with Gasteiger partial charge in [0.2, 0.25) is 0 Å². The van der Waals surface area contributed by atoms with Gasteiger partial charge in [-0.05, 0) is 51.5 Å². The maximum Gasteiger partial charge on any atom is 0.265 e. The van der Waals surface area contributed by atoms with Crippen molar-refractivity contribution in [3.05, 3.63) is 35.9 Å². The van der Waals surface area contributed by atoms with Crippen LogP contribution in [0.2, 0.25) is 0 Å². The first kappa shape index (κ1) is 18.2. The molecule has 0 aliphatic carbocycles. The van der Waals surface area contributed by atoms with Gasteiger partial charge in [0.1, 0.15) is 5.75 Å². The van der Waals surface area contributed by atoms with Crippen molar-refractivity contribution in [2.75, 3.05) is 7.11 Å². The van der Waals surface area contributed by atoms with Gasteiger partial charge in [0.25, 0.3) is 5.91 Å². The van der Waals surface area contributed by atoms with E-state index >= 15 is 0 Å². The van der Waals surface area contributed by atoms with Gasteiger partial charge >= 0.3 is 0 Å². The van der Waals surface area contributed by atoms with Gasteiger partial charge in [-0.15, -0.1) is 0 Å². The number of hydrogen-bond donors (Lipinski definition) is 2. The first-order valence-corrected chi connectivity index (χ1v) is 8.14. The van der Waals surface area contributed by atoms with Crippen molar-refractivity contribution in [3.63, 3.8) is 0 Å². The van der Waals surface area contributed by atoms with Crippen molar-refractivity contribution in [1.29, 1.82) is 0 Å². The van der Waals surface area contributed by atoms with Gasteiger partial charge in [-0.3, -0.25) is 10.0 Å². The van der Waals surface area contributed by atoms with Crippen molar-refractivity contribution >= 4 is 15.7 Å². The molecule has 0 saturated heterocycles. The molecule has 1 aromatic carbocycles. The SMILES string of the molecule is COc1ccc(S(=O)(=O)C(C)(CC=C(C)C)C(=O)NO)cc1. The molecule has 0 aliphatic heterocycles. The number of rotatable bonds is 6. The molecule has 6 nitrogen and oxygen atoms in total. The fourth-order valence-corrected chi connectivity index (χ4v) is 3.46. The number of ether oxygens (including phenoxy) is 1. The van der Waals surface area contributed by atoms with E-state index in [1.165, 1.54) is 43.8 Å². The lowest BCUT2D eigenvalue weighted by Gasteiger charge is -2.26. The molecular weight excluding hydrogens is 306 g/mol. The normalized spacial score (nSPS) is 13.9. The van der Waals surface area contributed by atoms with E-state index in [0.717, 1.165) is 5.57 Å². The lowest BCUT2D eigenvalue weighted by Crippen LogP contribution is -2.49. The molecule has 22 heavy (non-hydrogen) atoms. The van der Waals surface area contributed by atoms with Crippen molar-refractivity contribution in [3.8, 4) is 5.75 Å². The van der Waals surface area contributed by atoms with E-state index in [-0.39, 0.29) is 11.3 Å². The predicted octanol–water partition coefficient (Wildman–Crippen LogP) is 2.09. The van der Waals surface area contributed by atoms with E-state index < -0.39 is 20.5 Å². The lowest BCUT2D eigenvalue weighted by molar-refractivity contribution is -0.131. The van der Waals surface area contributed by atoms with E-state index in [0.29, 0.717) is 5.75 Å². The third kappa shape index (κ3) is 3.48. The summed E-state index contributed by atoms with van der Waals surface area (Å²) in [7, 11) is -2.53. The maximum atomic E-state index is 12.8. The second-order valence-electron chi connectivity index (χ2n) is 5.34. The van der Waals surface area contributed by atoms with Crippen LogP contribution in [-0.2, 0) is 14.6 Å². The third-order valence-electron chi connectivity index (χ3n) is 3.44. The average Bonchev–Trinajstić information content (AvgIpc) is 2.51. The van der Waals surface area contributed by atoms with Gasteiger partial charge in [-0.2, -0.15) is 0 Å². The second kappa shape index (κ2) is 6.93. The highest BCUT2D eigenvalue weighted by Gasteiger charge is 2.46. The standard InChI is InChI=1S/C15H21NO5S/c1-11(2)9-10-15(3,14(17)16-18)22(19,20)13-7-5-12(21-4)6-8-13/h5-9,18H,10H2,1-4H3,(H,16,17). The van der Waals surface area contributed by atoms with E-state index in [9.17, 15) is 13.2 Å². The quantitative estimate of drug-likeness (QED) is 0.474. The minimum absolute atomic E-state index is 0.0124. The number of allylic oxidation sites excluding steroid dienone is 2. The zero-order valence-electron chi connectivity index (χ0n) is 13.1. The topological polar surface area (TPSA) is 92.7 Å². The number of sulfone groups is 1. The number of hydrogen-bond acceptors (Lipinski definition) is 5. The third-order valence-corrected chi connectivity index (χ3v) is 5.88. The molecule has 0 radical (unpaired) electrons. The van der Waals surface area contributed by atoms with Gasteiger partial charge in [-0.1, -0.05) is 11.6 Å². The van der Waals surface area contributed by atoms with Crippen LogP contribution in [0.3, 0.4) is 0 Å². The Morgan fingerprint density at radius 1 is 1.32 bits per heavy atom. The minimum Gasteiger partial charge on any atom is -0.497 e. The van der Waals surface area contributed by atoms with Crippen molar-refractivity contribution < 1.29 is 23.2 Å². The van der Waals surface area contributed by atoms with Crippen LogP contribution in [0.1, 0.15) is 27.2 Å². The highest BCUT2D eigenvalue weighted by Crippen LogP contribution is 2.31. The number of hydroxylamine groups is 1. The lowest BCUT2D eigenvalue weighted by atomic mass is 10.0. The maximum absolute atomic E-state index is 12.8. The Bertz CT molecular complexity index is 660. The molecule has 122 valence electrons. The van der Waals surface area contributed by atoms with Gasteiger partial charge < -0.3 is 4.74 Å². The smallest absolute Gasteiger partial charge is 0.265 e. The Morgan fingerprint density at radius 3 is 2.27 bits per heavy atom. The minimum atomic E-state index is -4.00. The molecular formula is C15H21NO5S. The molecule has 0 heterocycles. The van der Waals surface area contributed by atoms with Crippen LogP contribution in [0.4, 0.5) is 0 Å². The zero-order chi connectivity index (χ0) is 17.0. The number of nitrogens with one attached hydrogen (secondary N) is 1. The largest absolute Gasteiger partial charge is 0.497 e. The summed E-state index contributed by atoms with van der Waals surface area (Å²) in [4.78, 5) is 12.0. The molecule has 2 N–H and O–H groups in total. The summed E-state index contributed by atoms with van der Waals surface area (Å²) >= 11 is 0. The zero-order valence-corrected chi connectivity index (χ0v) is 13.9. The molecule has 0 bridgehead atoms. The van der Waals surface area contributed by atoms with Gasteiger partial charge in [0, 0.05) is 0 Å². The molecule has 7 heteroatoms. The molecule has 1 aromatic rings. The Kier molecular flexibility index (Phi) is 5.73. The number of methoxy groups -OCH3 is 1. The summed E-state index contributed by atoms with van der Waals surface area (Å²) in [6, 6.07) is 5.76. The van der Waals surface area contributed by atoms with E-state index in [1.54, 1.807) is 19.9 Å². The Hall–Kier alpha value is -1.86. The van der Waals surface area contributed by atoms with Crippen LogP contribution in [0.25, 0.3) is 0 Å². The summed E-state index contributed by atoms with van der Waals surface area (Å²) < 4.78 is 28.8. The molecule has 0 fully saturated rings. The van der Waals surface area contributed by atoms with Crippen LogP contribution in [0.15, 0.2) is 40.8 Å². The number of amides is 1. The Labute approximate surface area is 130 Å². The molecule has 1 amide bonds. The van der Waals surface area contributed by atoms with Crippen LogP contribution in [0, 0.1) is 0 Å². The fourth-order valence-electron chi connectivity index (χ4n) is 1.86. The Balaban J connectivity index is 3.37. The summed E-state index contributed by atoms with van der Waals surface area (Å²) in [5, 5.41) is 8.92. The van der Waals surface area contributed by atoms with Gasteiger partial charge in [-0.25, -0.2) is 13.9 Å². The van der Waals surface area contributed by atoms with E-state index in [1.807, 2.05) is 0 Å². The first-order valence-electron chi connectivity index (χ1n) is 6.65. The Morgan fingerprint density at radius 2 is 1.86 bits per heavy atom. The van der Waals surface area contributed by atoms with Crippen molar-refractivity contribution in [2.24, 2.45) is 0 Å². The van der Waals surface area contributed by atoms with Crippen LogP contribution < -0.4 is 10.2 Å². The number of benzene rings is 1. The molecule has 1 unspecified atom stereocenters. The fraction of sp³-hybridized carbons (Fsp3) is 0.400. The molecule has 1 rings (SSSR count). The molecule has 0 spiro atoms. The molecule has 0 aromatic heterocycles. The van der Waals surface area contributed by atoms with Crippen molar-refractivity contribution in [2.45, 2.75) is 36.8 Å². The molecule has 0 saturated carbocycles. The number of carbonyl (C=O) groups is 1. The van der Waals surface area contributed by atoms with Gasteiger partial charge in [0.15, 0.2) is 14.6 Å². The van der Waals surface area contributed by atoms with Crippen LogP contribution in [-0.4, -0.2) is 31.4 Å². The first-order chi connectivity index (χ1) is 10.2. The predicted molar refractivity (Wildman–Crippen MR) is 82.6 cm³/mol. The molecule has 1 atom stereocenters. The highest BCUT2D eigenvalue weighted by atomic mass is 32.2. The average molecular weight is 327 g/mol. The van der Waals surface area contributed by atoms with Crippen molar-refractivity contribution in [1.82, 2.24) is 5.48 Å². The summed E-state index contributed by atoms with van der Waals surface area (Å²) in [5.74, 6) is -0.461. The number of carbonyl (C=O) groups excluding carboxylic acids is 1.